The zero-order valence-electron chi connectivity index (χ0n) is 29.8. The van der Waals surface area contributed by atoms with E-state index in [1.807, 2.05) is 12.1 Å². The fraction of sp³-hybridized carbons (Fsp3) is 0.158. The van der Waals surface area contributed by atoms with E-state index in [2.05, 4.69) is 20.6 Å². The van der Waals surface area contributed by atoms with Gasteiger partial charge in [-0.1, -0.05) is 65.1 Å². The summed E-state index contributed by atoms with van der Waals surface area (Å²) in [5, 5.41) is 8.54. The average Bonchev–Trinajstić information content (AvgIpc) is 3.60. The number of amides is 2. The highest BCUT2D eigenvalue weighted by Gasteiger charge is 2.45. The van der Waals surface area contributed by atoms with Gasteiger partial charge in [-0.15, -0.1) is 11.3 Å². The van der Waals surface area contributed by atoms with Crippen LogP contribution < -0.4 is 10.6 Å². The van der Waals surface area contributed by atoms with Crippen molar-refractivity contribution in [3.8, 4) is 11.3 Å². The molecule has 0 radical (unpaired) electrons. The van der Waals surface area contributed by atoms with Crippen LogP contribution in [-0.2, 0) is 29.3 Å². The van der Waals surface area contributed by atoms with Gasteiger partial charge < -0.3 is 10.6 Å². The molecule has 0 aliphatic heterocycles. The number of thiazole rings is 1. The number of pyridine rings is 1. The highest BCUT2D eigenvalue weighted by molar-refractivity contribution is 7.94. The molecule has 2 amide bonds. The predicted molar refractivity (Wildman–Crippen MR) is 217 cm³/mol. The van der Waals surface area contributed by atoms with E-state index in [0.29, 0.717) is 16.2 Å². The number of carbonyl (C=O) groups is 2. The number of halogens is 5. The minimum Gasteiger partial charge on any atom is -0.309 e. The number of rotatable bonds is 9. The number of hydrogen-bond donors (Lipinski definition) is 2. The second kappa shape index (κ2) is 16.5. The Balaban J connectivity index is 0.000000215. The average molecular weight is 880 g/mol. The van der Waals surface area contributed by atoms with E-state index in [4.69, 9.17) is 34.8 Å². The van der Waals surface area contributed by atoms with Crippen molar-refractivity contribution >= 4 is 99.5 Å². The smallest absolute Gasteiger partial charge is 0.247 e. The van der Waals surface area contributed by atoms with E-state index in [1.54, 1.807) is 53.9 Å². The van der Waals surface area contributed by atoms with Crippen molar-refractivity contribution in [2.45, 2.75) is 47.0 Å². The number of fused-ring (bicyclic) bond motifs is 1. The van der Waals surface area contributed by atoms with E-state index < -0.39 is 62.4 Å². The number of nitrogens with zero attached hydrogens (tertiary/aromatic N) is 2. The summed E-state index contributed by atoms with van der Waals surface area (Å²) in [5.74, 6) is -3.47. The lowest BCUT2D eigenvalue weighted by Crippen LogP contribution is -2.44. The Morgan fingerprint density at radius 1 is 0.643 bits per heavy atom. The van der Waals surface area contributed by atoms with Crippen LogP contribution in [-0.4, -0.2) is 48.1 Å². The first-order valence-corrected chi connectivity index (χ1v) is 21.2. The van der Waals surface area contributed by atoms with Crippen LogP contribution in [0.25, 0.3) is 22.2 Å². The Bertz CT molecular complexity index is 2690. The third-order valence-corrected chi connectivity index (χ3v) is 14.9. The zero-order chi connectivity index (χ0) is 41.2. The molecule has 0 spiro atoms. The second-order valence-corrected chi connectivity index (χ2v) is 20.1. The second-order valence-electron chi connectivity index (χ2n) is 13.0. The van der Waals surface area contributed by atoms with Gasteiger partial charge in [0.2, 0.25) is 11.8 Å². The topological polar surface area (TPSA) is 152 Å². The summed E-state index contributed by atoms with van der Waals surface area (Å²) >= 11 is 18.4. The molecule has 292 valence electrons. The molecule has 0 aliphatic rings. The SMILES string of the molecule is CC(C)(C(=O)Nc1ccc2ccccc2n1)S(=O)(=O)c1ccc(Cl)cc1F.CC(C)(C(=O)Nc1nc(-c2ccc(Cl)cc2)cs1)S(=O)(=O)c1ccc(Cl)cc1F. The lowest BCUT2D eigenvalue weighted by molar-refractivity contribution is -0.118. The Morgan fingerprint density at radius 3 is 1.68 bits per heavy atom. The Kier molecular flexibility index (Phi) is 12.6. The summed E-state index contributed by atoms with van der Waals surface area (Å²) < 4.78 is 76.0. The number of aromatic nitrogens is 2. The normalized spacial score (nSPS) is 12.1. The fourth-order valence-electron chi connectivity index (χ4n) is 4.91. The lowest BCUT2D eigenvalue weighted by atomic mass is 10.2. The van der Waals surface area contributed by atoms with Gasteiger partial charge in [0.25, 0.3) is 0 Å². The number of sulfone groups is 2. The Labute approximate surface area is 340 Å². The minimum atomic E-state index is -4.34. The van der Waals surface area contributed by atoms with Crippen molar-refractivity contribution < 1.29 is 35.2 Å². The molecular formula is C38H31Cl3F2N4O6S3. The first-order valence-electron chi connectivity index (χ1n) is 16.2. The van der Waals surface area contributed by atoms with Gasteiger partial charge in [-0.05, 0) is 94.4 Å². The minimum absolute atomic E-state index is 0.0567. The summed E-state index contributed by atoms with van der Waals surface area (Å²) in [6.07, 6.45) is 0. The number of para-hydroxylation sites is 1. The van der Waals surface area contributed by atoms with E-state index >= 15 is 0 Å². The highest BCUT2D eigenvalue weighted by atomic mass is 35.5. The largest absolute Gasteiger partial charge is 0.309 e. The zero-order valence-corrected chi connectivity index (χ0v) is 34.5. The van der Waals surface area contributed by atoms with Gasteiger partial charge in [-0.25, -0.2) is 35.6 Å². The van der Waals surface area contributed by atoms with Crippen LogP contribution in [0.4, 0.5) is 19.7 Å². The van der Waals surface area contributed by atoms with Crippen molar-refractivity contribution in [2.24, 2.45) is 0 Å². The van der Waals surface area contributed by atoms with E-state index in [9.17, 15) is 35.2 Å². The Hall–Kier alpha value is -4.51. The van der Waals surface area contributed by atoms with Crippen molar-refractivity contribution in [3.05, 3.63) is 129 Å². The van der Waals surface area contributed by atoms with Gasteiger partial charge in [0, 0.05) is 31.4 Å². The van der Waals surface area contributed by atoms with Crippen LogP contribution in [0.1, 0.15) is 27.7 Å². The maximum absolute atomic E-state index is 14.2. The molecule has 4 aromatic carbocycles. The molecule has 0 unspecified atom stereocenters. The van der Waals surface area contributed by atoms with Gasteiger partial charge >= 0.3 is 0 Å². The fourth-order valence-corrected chi connectivity index (χ4v) is 8.89. The molecule has 6 rings (SSSR count). The number of hydrogen-bond acceptors (Lipinski definition) is 9. The van der Waals surface area contributed by atoms with Gasteiger partial charge in [0.15, 0.2) is 24.8 Å². The quantitative estimate of drug-likeness (QED) is 0.146. The standard InChI is InChI=1S/C19H15Cl2FN2O3S2.C19H16ClFN2O3S/c1-19(2,29(26,27)16-8-7-13(21)9-14(16)22)17(25)24-18-23-15(10-28-18)11-3-5-12(20)6-4-11;1-19(2,27(25,26)16-9-8-13(20)11-14(16)21)18(24)23-17-10-7-12-5-3-4-6-15(12)22-17/h3-10H,1-2H3,(H,23,24,25);3-11H,1-2H3,(H,22,23,24). The molecule has 0 aliphatic carbocycles. The van der Waals surface area contributed by atoms with Crippen molar-refractivity contribution in [2.75, 3.05) is 10.6 Å². The van der Waals surface area contributed by atoms with Crippen molar-refractivity contribution in [1.29, 1.82) is 0 Å². The molecule has 18 heteroatoms. The highest BCUT2D eigenvalue weighted by Crippen LogP contribution is 2.33. The molecule has 0 atom stereocenters. The number of carbonyl (C=O) groups excluding carboxylic acids is 2. The molecule has 2 N–H and O–H groups in total. The molecule has 0 saturated heterocycles. The molecule has 10 nitrogen and oxygen atoms in total. The van der Waals surface area contributed by atoms with Crippen LogP contribution in [0.3, 0.4) is 0 Å². The molecule has 6 aromatic rings. The maximum Gasteiger partial charge on any atom is 0.247 e. The molecule has 0 bridgehead atoms. The first-order chi connectivity index (χ1) is 26.1. The van der Waals surface area contributed by atoms with E-state index in [1.165, 1.54) is 39.8 Å². The van der Waals surface area contributed by atoms with E-state index in [0.717, 1.165) is 46.6 Å². The summed E-state index contributed by atoms with van der Waals surface area (Å²) in [6.45, 7) is 4.85. The molecule has 56 heavy (non-hydrogen) atoms. The van der Waals surface area contributed by atoms with Gasteiger partial charge in [0.1, 0.15) is 36.7 Å². The van der Waals surface area contributed by atoms with Crippen molar-refractivity contribution in [3.63, 3.8) is 0 Å². The first kappa shape index (κ1) is 42.6. The number of anilines is 2. The molecular weight excluding hydrogens is 849 g/mol. The van der Waals surface area contributed by atoms with Crippen LogP contribution in [0, 0.1) is 11.6 Å². The summed E-state index contributed by atoms with van der Waals surface area (Å²) in [6, 6.07) is 24.0. The van der Waals surface area contributed by atoms with Crippen LogP contribution in [0.2, 0.25) is 15.1 Å². The third-order valence-electron chi connectivity index (χ3n) is 8.51. The lowest BCUT2D eigenvalue weighted by Gasteiger charge is -2.24. The maximum atomic E-state index is 14.2. The summed E-state index contributed by atoms with van der Waals surface area (Å²) in [7, 11) is -8.66. The Morgan fingerprint density at radius 2 is 1.14 bits per heavy atom. The van der Waals surface area contributed by atoms with Gasteiger partial charge in [0.05, 0.1) is 11.2 Å². The molecule has 0 fully saturated rings. The van der Waals surface area contributed by atoms with E-state index in [-0.39, 0.29) is 21.0 Å². The summed E-state index contributed by atoms with van der Waals surface area (Å²) in [5.41, 5.74) is 2.05. The van der Waals surface area contributed by atoms with Crippen LogP contribution in [0.15, 0.2) is 112 Å². The van der Waals surface area contributed by atoms with Gasteiger partial charge in [-0.3, -0.25) is 9.59 Å². The third kappa shape index (κ3) is 8.88. The molecule has 2 heterocycles. The molecule has 2 aromatic heterocycles. The molecule has 0 saturated carbocycles. The van der Waals surface area contributed by atoms with Crippen LogP contribution in [0.5, 0.6) is 0 Å². The summed E-state index contributed by atoms with van der Waals surface area (Å²) in [4.78, 5) is 32.8. The van der Waals surface area contributed by atoms with Crippen LogP contribution >= 0.6 is 46.1 Å². The monoisotopic (exact) mass is 878 g/mol. The van der Waals surface area contributed by atoms with Crippen molar-refractivity contribution in [1.82, 2.24) is 9.97 Å². The predicted octanol–water partition coefficient (Wildman–Crippen LogP) is 9.67. The number of benzene rings is 4. The number of nitrogens with one attached hydrogen (secondary N) is 2. The van der Waals surface area contributed by atoms with Gasteiger partial charge in [-0.2, -0.15) is 0 Å².